The summed E-state index contributed by atoms with van der Waals surface area (Å²) in [6.07, 6.45) is 25.6. The zero-order valence-corrected chi connectivity index (χ0v) is 26.4. The van der Waals surface area contributed by atoms with E-state index < -0.39 is 18.8 Å². The molecule has 0 heterocycles. The number of aliphatic hydroxyl groups excluding tert-OH is 1. The molecule has 4 heteroatoms. The summed E-state index contributed by atoms with van der Waals surface area (Å²) in [6, 6.07) is 0. The van der Waals surface area contributed by atoms with E-state index in [2.05, 4.69) is 39.8 Å². The summed E-state index contributed by atoms with van der Waals surface area (Å²) in [6.45, 7) is 9.00. The van der Waals surface area contributed by atoms with Gasteiger partial charge in [-0.1, -0.05) is 39.0 Å². The molecule has 0 aliphatic carbocycles. The number of hydrogen-bond acceptors (Lipinski definition) is 3. The summed E-state index contributed by atoms with van der Waals surface area (Å²) in [5.41, 5.74) is 0. The van der Waals surface area contributed by atoms with E-state index in [9.17, 15) is 9.90 Å². The van der Waals surface area contributed by atoms with Crippen molar-refractivity contribution in [2.45, 2.75) is 169 Å². The Kier molecular flexibility index (Phi) is 24.6. The normalized spacial score (nSPS) is 13.0. The number of carbonyl (C=O) groups is 1. The van der Waals surface area contributed by atoms with Crippen molar-refractivity contribution in [3.63, 3.8) is 0 Å². The van der Waals surface area contributed by atoms with Crippen LogP contribution in [-0.4, -0.2) is 36.0 Å². The molecule has 1 atom stereocenters. The fourth-order valence-corrected chi connectivity index (χ4v) is 17.9. The first-order chi connectivity index (χ1) is 16.5. The van der Waals surface area contributed by atoms with Crippen molar-refractivity contribution in [2.24, 2.45) is 0 Å². The Bertz CT molecular complexity index is 456. The average molecular weight is 588 g/mol. The Labute approximate surface area is 218 Å². The second kappa shape index (κ2) is 24.7. The first-order valence-corrected chi connectivity index (χ1v) is 22.3. The molecule has 202 valence electrons. The first kappa shape index (κ1) is 34.0. The van der Waals surface area contributed by atoms with Gasteiger partial charge < -0.3 is 0 Å². The van der Waals surface area contributed by atoms with Gasteiger partial charge in [0.05, 0.1) is 0 Å². The second-order valence-corrected chi connectivity index (χ2v) is 22.1. The second-order valence-electron chi connectivity index (χ2n) is 10.5. The summed E-state index contributed by atoms with van der Waals surface area (Å²) in [7, 11) is 0. The van der Waals surface area contributed by atoms with Gasteiger partial charge in [-0.05, 0) is 6.42 Å². The van der Waals surface area contributed by atoms with Crippen molar-refractivity contribution in [1.82, 2.24) is 0 Å². The summed E-state index contributed by atoms with van der Waals surface area (Å²) < 4.78 is 10.1. The third kappa shape index (κ3) is 20.2. The molecule has 0 aliphatic heterocycles. The number of hydrogen-bond donors (Lipinski definition) is 1. The van der Waals surface area contributed by atoms with Crippen molar-refractivity contribution < 1.29 is 13.0 Å². The van der Waals surface area contributed by atoms with Crippen LogP contribution in [0, 0.1) is 0 Å². The van der Waals surface area contributed by atoms with Crippen LogP contribution in [0.2, 0.25) is 13.3 Å². The maximum atomic E-state index is 12.7. The van der Waals surface area contributed by atoms with E-state index in [-0.39, 0.29) is 12.1 Å². The minimum absolute atomic E-state index is 0.0808. The molecule has 0 saturated heterocycles. The van der Waals surface area contributed by atoms with Gasteiger partial charge >= 0.3 is 174 Å². The number of allylic oxidation sites excluding steroid dienone is 1. The van der Waals surface area contributed by atoms with Gasteiger partial charge in [0.25, 0.3) is 0 Å². The molecule has 0 aromatic heterocycles. The molecule has 0 amide bonds. The first-order valence-electron chi connectivity index (χ1n) is 15.1. The molecule has 0 radical (unpaired) electrons. The predicted octanol–water partition coefficient (Wildman–Crippen LogP) is 9.88. The van der Waals surface area contributed by atoms with Crippen LogP contribution in [0.4, 0.5) is 0 Å². The van der Waals surface area contributed by atoms with E-state index in [0.717, 1.165) is 38.5 Å². The van der Waals surface area contributed by atoms with Crippen LogP contribution in [0.5, 0.6) is 0 Å². The van der Waals surface area contributed by atoms with Crippen LogP contribution >= 0.6 is 0 Å². The van der Waals surface area contributed by atoms with E-state index in [0.29, 0.717) is 6.42 Å². The minimum atomic E-state index is -2.81. The van der Waals surface area contributed by atoms with E-state index in [1.54, 1.807) is 0 Å². The molecule has 0 aliphatic rings. The Balaban J connectivity index is 4.09. The fourth-order valence-electron chi connectivity index (χ4n) is 4.68. The molecule has 0 bridgehead atoms. The summed E-state index contributed by atoms with van der Waals surface area (Å²) in [5.74, 6) is 0.0808. The Morgan fingerprint density at radius 3 is 1.82 bits per heavy atom. The Morgan fingerprint density at radius 2 is 1.24 bits per heavy atom. The van der Waals surface area contributed by atoms with Crippen LogP contribution in [0.3, 0.4) is 0 Å². The van der Waals surface area contributed by atoms with Crippen molar-refractivity contribution >= 4 is 24.8 Å². The Hall–Kier alpha value is -0.0313. The SMILES string of the molecule is CCCCCCCC/C=C\C[C@H](O)CCCCCC(=O)[O][Sn]([CH2]CCC)([CH2]CCC)[CH2]CCC. The number of unbranched alkanes of at least 4 members (excludes halogenated alkanes) is 11. The zero-order valence-electron chi connectivity index (χ0n) is 23.6. The topological polar surface area (TPSA) is 46.5 Å². The Morgan fingerprint density at radius 1 is 0.706 bits per heavy atom. The van der Waals surface area contributed by atoms with E-state index in [1.807, 2.05) is 0 Å². The van der Waals surface area contributed by atoms with Crippen LogP contribution in [0.15, 0.2) is 12.2 Å². The molecule has 0 aromatic carbocycles. The molecule has 3 nitrogen and oxygen atoms in total. The van der Waals surface area contributed by atoms with Crippen LogP contribution in [-0.2, 0) is 7.87 Å². The van der Waals surface area contributed by atoms with E-state index >= 15 is 0 Å². The molecule has 0 spiro atoms. The van der Waals surface area contributed by atoms with Crippen molar-refractivity contribution in [2.75, 3.05) is 0 Å². The van der Waals surface area contributed by atoms with Gasteiger partial charge in [-0.2, -0.15) is 0 Å². The summed E-state index contributed by atoms with van der Waals surface area (Å²) in [4.78, 5) is 12.7. The van der Waals surface area contributed by atoms with E-state index in [1.165, 1.54) is 90.4 Å². The molecule has 0 unspecified atom stereocenters. The van der Waals surface area contributed by atoms with Crippen molar-refractivity contribution in [3.8, 4) is 0 Å². The maximum absolute atomic E-state index is 12.7. The van der Waals surface area contributed by atoms with Gasteiger partial charge in [-0.15, -0.1) is 0 Å². The molecule has 0 aromatic rings. The average Bonchev–Trinajstić information content (AvgIpc) is 2.83. The zero-order chi connectivity index (χ0) is 25.3. The molecule has 0 saturated carbocycles. The van der Waals surface area contributed by atoms with Gasteiger partial charge in [-0.3, -0.25) is 0 Å². The molecule has 0 fully saturated rings. The van der Waals surface area contributed by atoms with Crippen LogP contribution < -0.4 is 0 Å². The monoisotopic (exact) mass is 588 g/mol. The molecule has 0 rings (SSSR count). The number of carbonyl (C=O) groups excluding carboxylic acids is 1. The molecule has 1 N–H and O–H groups in total. The predicted molar refractivity (Wildman–Crippen MR) is 152 cm³/mol. The third-order valence-electron chi connectivity index (χ3n) is 7.01. The quantitative estimate of drug-likeness (QED) is 0.0657. The van der Waals surface area contributed by atoms with Crippen LogP contribution in [0.1, 0.15) is 150 Å². The van der Waals surface area contributed by atoms with Gasteiger partial charge in [0.15, 0.2) is 0 Å². The van der Waals surface area contributed by atoms with Gasteiger partial charge in [0.1, 0.15) is 0 Å². The third-order valence-corrected chi connectivity index (χ3v) is 19.7. The van der Waals surface area contributed by atoms with Gasteiger partial charge in [0, 0.05) is 0 Å². The van der Waals surface area contributed by atoms with E-state index in [4.69, 9.17) is 3.07 Å². The summed E-state index contributed by atoms with van der Waals surface area (Å²) in [5, 5.41) is 10.2. The van der Waals surface area contributed by atoms with Gasteiger partial charge in [0.2, 0.25) is 0 Å². The van der Waals surface area contributed by atoms with Gasteiger partial charge in [-0.25, -0.2) is 0 Å². The molecule has 34 heavy (non-hydrogen) atoms. The van der Waals surface area contributed by atoms with Crippen molar-refractivity contribution in [3.05, 3.63) is 12.2 Å². The number of rotatable bonds is 25. The molecular formula is C30H60O3Sn. The number of aliphatic hydroxyl groups is 1. The van der Waals surface area contributed by atoms with Crippen LogP contribution in [0.25, 0.3) is 0 Å². The standard InChI is InChI=1S/C18H34O3.3C4H9.Sn/c1-2-3-4-5-6-7-8-9-11-14-17(19)15-12-10-13-16-18(20)21;3*1-3-4-2;/h9,11,17,19H,2-8,10,12-16H2,1H3,(H,20,21);3*1,3-4H2,2H3;/q;;;;+1/p-1/b11-9-;;;;/t17-;;;;/m0..../s1. The molecular weight excluding hydrogens is 527 g/mol. The summed E-state index contributed by atoms with van der Waals surface area (Å²) >= 11 is -2.81. The van der Waals surface area contributed by atoms with Crippen molar-refractivity contribution in [1.29, 1.82) is 0 Å². The fraction of sp³-hybridized carbons (Fsp3) is 0.900.